The first-order chi connectivity index (χ1) is 12.4. The average molecular weight is 468 g/mol. The highest BCUT2D eigenvalue weighted by molar-refractivity contribution is 9.10. The smallest absolute Gasteiger partial charge is 0.268 e. The molecular formula is C17H21BrF3N3O2S. The van der Waals surface area contributed by atoms with Crippen LogP contribution in [-0.2, 0) is 22.7 Å². The van der Waals surface area contributed by atoms with Crippen molar-refractivity contribution in [1.29, 1.82) is 0 Å². The molecule has 0 amide bonds. The summed E-state index contributed by atoms with van der Waals surface area (Å²) in [6, 6.07) is 6.62. The summed E-state index contributed by atoms with van der Waals surface area (Å²) in [4.78, 5) is 0.157. The van der Waals surface area contributed by atoms with Gasteiger partial charge in [0.1, 0.15) is 0 Å². The summed E-state index contributed by atoms with van der Waals surface area (Å²) in [7, 11) is -3.66. The number of nitrogens with zero attached hydrogens (tertiary/aromatic N) is 2. The standard InChI is InChI=1S/C17H21BrF3N3O2S/c1-11(2)13-5-7-14(8-6-13)27(25,26)22-9-4-10-24-12(3)15(18)16(23-24)17(19,20)21/h5-8,11,22H,4,9-10H2,1-3H3. The molecule has 0 aliphatic carbocycles. The van der Waals surface area contributed by atoms with E-state index in [1.165, 1.54) is 11.6 Å². The van der Waals surface area contributed by atoms with Crippen LogP contribution in [0.2, 0.25) is 0 Å². The summed E-state index contributed by atoms with van der Waals surface area (Å²) in [5, 5.41) is 3.57. The summed E-state index contributed by atoms with van der Waals surface area (Å²) in [6.07, 6.45) is -4.24. The van der Waals surface area contributed by atoms with Gasteiger partial charge in [-0.05, 0) is 52.9 Å². The summed E-state index contributed by atoms with van der Waals surface area (Å²) in [5.41, 5.74) is 0.398. The molecule has 0 atom stereocenters. The number of halogens is 4. The van der Waals surface area contributed by atoms with Crippen molar-refractivity contribution in [2.45, 2.75) is 50.7 Å². The molecule has 1 N–H and O–H groups in total. The SMILES string of the molecule is Cc1c(Br)c(C(F)(F)F)nn1CCCNS(=O)(=O)c1ccc(C(C)C)cc1. The minimum absolute atomic E-state index is 0.0898. The topological polar surface area (TPSA) is 64.0 Å². The summed E-state index contributed by atoms with van der Waals surface area (Å²) in [6.45, 7) is 5.80. The second kappa shape index (κ2) is 8.32. The number of sulfonamides is 1. The highest BCUT2D eigenvalue weighted by Gasteiger charge is 2.37. The van der Waals surface area contributed by atoms with Crippen LogP contribution in [0.25, 0.3) is 0 Å². The molecule has 1 heterocycles. The van der Waals surface area contributed by atoms with E-state index < -0.39 is 21.9 Å². The Kier molecular flexibility index (Phi) is 6.75. The van der Waals surface area contributed by atoms with Crippen LogP contribution in [-0.4, -0.2) is 24.7 Å². The Bertz CT molecular complexity index is 891. The minimum Gasteiger partial charge on any atom is -0.268 e. The highest BCUT2D eigenvalue weighted by atomic mass is 79.9. The molecule has 0 fully saturated rings. The van der Waals surface area contributed by atoms with Crippen LogP contribution < -0.4 is 4.72 Å². The number of aromatic nitrogens is 2. The van der Waals surface area contributed by atoms with E-state index in [1.807, 2.05) is 13.8 Å². The van der Waals surface area contributed by atoms with Crippen molar-refractivity contribution in [1.82, 2.24) is 14.5 Å². The predicted molar refractivity (Wildman–Crippen MR) is 100 cm³/mol. The van der Waals surface area contributed by atoms with Crippen LogP contribution in [0.1, 0.15) is 43.1 Å². The van der Waals surface area contributed by atoms with Gasteiger partial charge in [-0.1, -0.05) is 26.0 Å². The van der Waals surface area contributed by atoms with Gasteiger partial charge in [-0.2, -0.15) is 18.3 Å². The van der Waals surface area contributed by atoms with Gasteiger partial charge in [0, 0.05) is 13.1 Å². The van der Waals surface area contributed by atoms with Crippen LogP contribution in [0, 0.1) is 6.92 Å². The number of aryl methyl sites for hydroxylation is 1. The van der Waals surface area contributed by atoms with Gasteiger partial charge in [0.05, 0.1) is 15.1 Å². The van der Waals surface area contributed by atoms with Crippen molar-refractivity contribution in [3.8, 4) is 0 Å². The van der Waals surface area contributed by atoms with E-state index in [0.29, 0.717) is 18.0 Å². The van der Waals surface area contributed by atoms with Crippen molar-refractivity contribution in [2.24, 2.45) is 0 Å². The second-order valence-corrected chi connectivity index (χ2v) is 9.00. The molecule has 0 spiro atoms. The third-order valence-electron chi connectivity index (χ3n) is 4.10. The zero-order valence-corrected chi connectivity index (χ0v) is 17.5. The number of alkyl halides is 3. The Morgan fingerprint density at radius 3 is 2.30 bits per heavy atom. The zero-order chi connectivity index (χ0) is 20.4. The van der Waals surface area contributed by atoms with Crippen LogP contribution in [0.15, 0.2) is 33.6 Å². The Hall–Kier alpha value is -1.39. The maximum absolute atomic E-state index is 12.9. The molecule has 0 aliphatic rings. The van der Waals surface area contributed by atoms with Crippen LogP contribution in [0.4, 0.5) is 13.2 Å². The highest BCUT2D eigenvalue weighted by Crippen LogP contribution is 2.35. The van der Waals surface area contributed by atoms with Gasteiger partial charge < -0.3 is 0 Å². The van der Waals surface area contributed by atoms with Crippen LogP contribution in [0.3, 0.4) is 0 Å². The van der Waals surface area contributed by atoms with E-state index in [0.717, 1.165) is 5.56 Å². The molecule has 2 aromatic rings. The molecule has 27 heavy (non-hydrogen) atoms. The molecule has 0 saturated heterocycles. The molecule has 0 unspecified atom stereocenters. The first kappa shape index (κ1) is 21.9. The summed E-state index contributed by atoms with van der Waals surface area (Å²) >= 11 is 2.91. The normalized spacial score (nSPS) is 12.7. The van der Waals surface area contributed by atoms with Crippen LogP contribution >= 0.6 is 15.9 Å². The van der Waals surface area contributed by atoms with Gasteiger partial charge in [0.15, 0.2) is 5.69 Å². The van der Waals surface area contributed by atoms with Gasteiger partial charge in [0.25, 0.3) is 0 Å². The minimum atomic E-state index is -4.54. The Labute approximate surface area is 165 Å². The monoisotopic (exact) mass is 467 g/mol. The van der Waals surface area contributed by atoms with Crippen molar-refractivity contribution < 1.29 is 21.6 Å². The lowest BCUT2D eigenvalue weighted by atomic mass is 10.0. The third-order valence-corrected chi connectivity index (χ3v) is 6.52. The lowest BCUT2D eigenvalue weighted by Crippen LogP contribution is -2.25. The quantitative estimate of drug-likeness (QED) is 0.611. The van der Waals surface area contributed by atoms with E-state index in [4.69, 9.17) is 0 Å². The lowest BCUT2D eigenvalue weighted by Gasteiger charge is -2.10. The Morgan fingerprint density at radius 1 is 1.22 bits per heavy atom. The predicted octanol–water partition coefficient (Wildman–Crippen LogP) is 4.46. The Balaban J connectivity index is 1.96. The first-order valence-corrected chi connectivity index (χ1v) is 10.6. The van der Waals surface area contributed by atoms with Gasteiger partial charge in [-0.3, -0.25) is 4.68 Å². The lowest BCUT2D eigenvalue weighted by molar-refractivity contribution is -0.142. The number of nitrogens with one attached hydrogen (secondary N) is 1. The van der Waals surface area contributed by atoms with Crippen molar-refractivity contribution >= 4 is 26.0 Å². The van der Waals surface area contributed by atoms with E-state index in [9.17, 15) is 21.6 Å². The first-order valence-electron chi connectivity index (χ1n) is 8.33. The second-order valence-electron chi connectivity index (χ2n) is 6.44. The molecule has 10 heteroatoms. The van der Waals surface area contributed by atoms with Gasteiger partial charge in [-0.15, -0.1) is 0 Å². The summed E-state index contributed by atoms with van der Waals surface area (Å²) in [5.74, 6) is 0.299. The zero-order valence-electron chi connectivity index (χ0n) is 15.1. The molecule has 2 rings (SSSR count). The van der Waals surface area contributed by atoms with Gasteiger partial charge >= 0.3 is 6.18 Å². The molecule has 0 saturated carbocycles. The third kappa shape index (κ3) is 5.32. The molecule has 5 nitrogen and oxygen atoms in total. The van der Waals surface area contributed by atoms with Gasteiger partial charge in [-0.25, -0.2) is 13.1 Å². The molecule has 1 aromatic heterocycles. The molecular weight excluding hydrogens is 447 g/mol. The van der Waals surface area contributed by atoms with E-state index in [-0.39, 0.29) is 22.5 Å². The van der Waals surface area contributed by atoms with E-state index in [1.54, 1.807) is 24.3 Å². The molecule has 150 valence electrons. The fraction of sp³-hybridized carbons (Fsp3) is 0.471. The number of hydrogen-bond donors (Lipinski definition) is 1. The average Bonchev–Trinajstić information content (AvgIpc) is 2.87. The molecule has 0 aliphatic heterocycles. The van der Waals surface area contributed by atoms with E-state index in [2.05, 4.69) is 25.8 Å². The maximum Gasteiger partial charge on any atom is 0.436 e. The molecule has 1 aromatic carbocycles. The largest absolute Gasteiger partial charge is 0.436 e. The number of benzene rings is 1. The van der Waals surface area contributed by atoms with Crippen molar-refractivity contribution in [3.05, 3.63) is 45.7 Å². The van der Waals surface area contributed by atoms with Crippen molar-refractivity contribution in [2.75, 3.05) is 6.54 Å². The van der Waals surface area contributed by atoms with Crippen molar-refractivity contribution in [3.63, 3.8) is 0 Å². The van der Waals surface area contributed by atoms with E-state index >= 15 is 0 Å². The van der Waals surface area contributed by atoms with Crippen LogP contribution in [0.5, 0.6) is 0 Å². The summed E-state index contributed by atoms with van der Waals surface area (Å²) < 4.78 is 66.7. The Morgan fingerprint density at radius 2 is 1.81 bits per heavy atom. The fourth-order valence-corrected chi connectivity index (χ4v) is 4.06. The molecule has 0 bridgehead atoms. The number of hydrogen-bond acceptors (Lipinski definition) is 3. The molecule has 0 radical (unpaired) electrons. The fourth-order valence-electron chi connectivity index (χ4n) is 2.47. The number of rotatable bonds is 7. The maximum atomic E-state index is 12.9. The van der Waals surface area contributed by atoms with Gasteiger partial charge in [0.2, 0.25) is 10.0 Å².